The van der Waals surface area contributed by atoms with E-state index >= 15 is 0 Å². The molecule has 25 heavy (non-hydrogen) atoms. The van der Waals surface area contributed by atoms with Crippen molar-refractivity contribution in [2.45, 2.75) is 38.5 Å². The monoisotopic (exact) mass is 476 g/mol. The van der Waals surface area contributed by atoms with Gasteiger partial charge in [0.2, 0.25) is 0 Å². The molecule has 0 amide bonds. The van der Waals surface area contributed by atoms with Gasteiger partial charge in [-0.3, -0.25) is 9.89 Å². The Bertz CT molecular complexity index is 548. The molecule has 6 heteroatoms. The Morgan fingerprint density at radius 3 is 2.64 bits per heavy atom. The van der Waals surface area contributed by atoms with Crippen LogP contribution >= 0.6 is 35.7 Å². The van der Waals surface area contributed by atoms with E-state index in [1.54, 1.807) is 0 Å². The van der Waals surface area contributed by atoms with Crippen LogP contribution in [0.2, 0.25) is 0 Å². The third kappa shape index (κ3) is 7.74. The molecule has 1 aliphatic heterocycles. The Hall–Kier alpha value is -0.470. The molecule has 2 rings (SSSR count). The summed E-state index contributed by atoms with van der Waals surface area (Å²) in [5.74, 6) is 0.928. The van der Waals surface area contributed by atoms with Gasteiger partial charge in [-0.1, -0.05) is 24.3 Å². The number of hydrogen-bond acceptors (Lipinski definition) is 3. The van der Waals surface area contributed by atoms with Crippen LogP contribution in [0.1, 0.15) is 31.9 Å². The van der Waals surface area contributed by atoms with Crippen molar-refractivity contribution in [3.8, 4) is 0 Å². The van der Waals surface area contributed by atoms with Crippen LogP contribution in [-0.2, 0) is 13.0 Å². The first-order chi connectivity index (χ1) is 11.5. The van der Waals surface area contributed by atoms with Crippen molar-refractivity contribution >= 4 is 41.7 Å². The first-order valence-corrected chi connectivity index (χ1v) is 10.1. The highest BCUT2D eigenvalue weighted by Gasteiger charge is 2.16. The molecule has 142 valence electrons. The average molecular weight is 476 g/mol. The largest absolute Gasteiger partial charge is 0.357 e. The van der Waals surface area contributed by atoms with Gasteiger partial charge in [-0.25, -0.2) is 0 Å². The summed E-state index contributed by atoms with van der Waals surface area (Å²) in [6, 6.07) is 8.80. The number of benzene rings is 1. The Balaban J connectivity index is 0.00000312. The maximum absolute atomic E-state index is 4.73. The highest BCUT2D eigenvalue weighted by molar-refractivity contribution is 14.0. The third-order valence-electron chi connectivity index (χ3n) is 4.44. The summed E-state index contributed by atoms with van der Waals surface area (Å²) < 4.78 is 0.179. The topological polar surface area (TPSA) is 39.7 Å². The number of aliphatic imine (C=N–C) groups is 1. The highest BCUT2D eigenvalue weighted by Crippen LogP contribution is 2.21. The van der Waals surface area contributed by atoms with Gasteiger partial charge in [0.15, 0.2) is 5.96 Å². The zero-order valence-electron chi connectivity index (χ0n) is 16.0. The molecule has 0 saturated carbocycles. The van der Waals surface area contributed by atoms with Gasteiger partial charge in [0.25, 0.3) is 0 Å². The number of guanidine groups is 1. The summed E-state index contributed by atoms with van der Waals surface area (Å²) in [6.45, 7) is 12.5. The number of nitrogens with zero attached hydrogens (tertiary/aromatic N) is 2. The second-order valence-corrected chi connectivity index (χ2v) is 8.39. The molecule has 1 aromatic carbocycles. The Kier molecular flexibility index (Phi) is 10.2. The fourth-order valence-electron chi connectivity index (χ4n) is 2.75. The van der Waals surface area contributed by atoms with E-state index in [9.17, 15) is 0 Å². The lowest BCUT2D eigenvalue weighted by atomic mass is 10.00. The lowest BCUT2D eigenvalue weighted by Gasteiger charge is -2.29. The van der Waals surface area contributed by atoms with Crippen molar-refractivity contribution in [2.75, 3.05) is 39.0 Å². The Labute approximate surface area is 174 Å². The second kappa shape index (κ2) is 11.3. The summed E-state index contributed by atoms with van der Waals surface area (Å²) in [5.41, 5.74) is 2.99. The van der Waals surface area contributed by atoms with Crippen LogP contribution in [0, 0.1) is 0 Å². The standard InChI is InChI=1S/C19H32N4S.HI/c1-5-20-18(22-15-19(2,3)24-4)21-11-13-23-12-10-16-8-6-7-9-17(16)14-23;/h6-9H,5,10-15H2,1-4H3,(H2,20,21,22);1H. The molecule has 0 unspecified atom stereocenters. The Morgan fingerprint density at radius 2 is 1.96 bits per heavy atom. The average Bonchev–Trinajstić information content (AvgIpc) is 2.59. The molecule has 0 radical (unpaired) electrons. The van der Waals surface area contributed by atoms with Gasteiger partial charge in [0.1, 0.15) is 0 Å². The predicted octanol–water partition coefficient (Wildman–Crippen LogP) is 3.36. The predicted molar refractivity (Wildman–Crippen MR) is 122 cm³/mol. The molecule has 2 N–H and O–H groups in total. The fourth-order valence-corrected chi connectivity index (χ4v) is 2.95. The van der Waals surface area contributed by atoms with Gasteiger partial charge in [-0.2, -0.15) is 11.8 Å². The number of fused-ring (bicyclic) bond motifs is 1. The van der Waals surface area contributed by atoms with E-state index in [-0.39, 0.29) is 28.7 Å². The smallest absolute Gasteiger partial charge is 0.191 e. The van der Waals surface area contributed by atoms with Crippen molar-refractivity contribution in [2.24, 2.45) is 4.99 Å². The fraction of sp³-hybridized carbons (Fsp3) is 0.632. The van der Waals surface area contributed by atoms with Crippen LogP contribution < -0.4 is 10.6 Å². The molecular formula is C19H33IN4S. The van der Waals surface area contributed by atoms with E-state index in [1.165, 1.54) is 11.1 Å². The zero-order chi connectivity index (χ0) is 17.4. The van der Waals surface area contributed by atoms with Gasteiger partial charge in [0, 0.05) is 37.5 Å². The molecule has 1 aromatic rings. The van der Waals surface area contributed by atoms with E-state index in [0.717, 1.165) is 51.6 Å². The van der Waals surface area contributed by atoms with Crippen LogP contribution in [0.4, 0.5) is 0 Å². The molecule has 0 aliphatic carbocycles. The second-order valence-electron chi connectivity index (χ2n) is 6.88. The molecule has 0 spiro atoms. The van der Waals surface area contributed by atoms with Gasteiger partial charge < -0.3 is 10.6 Å². The van der Waals surface area contributed by atoms with Crippen LogP contribution in [0.3, 0.4) is 0 Å². The molecule has 1 heterocycles. The van der Waals surface area contributed by atoms with Crippen molar-refractivity contribution < 1.29 is 0 Å². The molecule has 1 aliphatic rings. The third-order valence-corrected chi connectivity index (χ3v) is 5.68. The van der Waals surface area contributed by atoms with Crippen molar-refractivity contribution in [1.82, 2.24) is 15.5 Å². The van der Waals surface area contributed by atoms with Crippen LogP contribution in [0.15, 0.2) is 29.3 Å². The molecule has 0 atom stereocenters. The van der Waals surface area contributed by atoms with Gasteiger partial charge in [-0.05, 0) is 44.6 Å². The van der Waals surface area contributed by atoms with Crippen LogP contribution in [0.25, 0.3) is 0 Å². The Morgan fingerprint density at radius 1 is 1.24 bits per heavy atom. The minimum absolute atomic E-state index is 0. The lowest BCUT2D eigenvalue weighted by Crippen LogP contribution is -2.43. The number of halogens is 1. The van der Waals surface area contributed by atoms with Gasteiger partial charge >= 0.3 is 0 Å². The van der Waals surface area contributed by atoms with Gasteiger partial charge in [-0.15, -0.1) is 24.0 Å². The summed E-state index contributed by atoms with van der Waals surface area (Å²) in [4.78, 5) is 7.25. The summed E-state index contributed by atoms with van der Waals surface area (Å²) in [6.07, 6.45) is 3.30. The normalized spacial score (nSPS) is 15.3. The molecule has 0 bridgehead atoms. The first kappa shape index (κ1) is 22.6. The van der Waals surface area contributed by atoms with E-state index < -0.39 is 0 Å². The number of rotatable bonds is 7. The van der Waals surface area contributed by atoms with Crippen LogP contribution in [-0.4, -0.2) is 54.6 Å². The zero-order valence-corrected chi connectivity index (χ0v) is 19.1. The summed E-state index contributed by atoms with van der Waals surface area (Å²) >= 11 is 1.86. The minimum atomic E-state index is 0. The molecule has 0 saturated heterocycles. The van der Waals surface area contributed by atoms with Crippen molar-refractivity contribution in [1.29, 1.82) is 0 Å². The quantitative estimate of drug-likeness (QED) is 0.360. The SMILES string of the molecule is CCNC(=NCC(C)(C)SC)NCCN1CCc2ccccc2C1.I. The van der Waals surface area contributed by atoms with Crippen molar-refractivity contribution in [3.05, 3.63) is 35.4 Å². The summed E-state index contributed by atoms with van der Waals surface area (Å²) in [7, 11) is 0. The van der Waals surface area contributed by atoms with Gasteiger partial charge in [0.05, 0.1) is 6.54 Å². The minimum Gasteiger partial charge on any atom is -0.357 e. The van der Waals surface area contributed by atoms with Crippen LogP contribution in [0.5, 0.6) is 0 Å². The van der Waals surface area contributed by atoms with Crippen molar-refractivity contribution in [3.63, 3.8) is 0 Å². The molecule has 4 nitrogen and oxygen atoms in total. The van der Waals surface area contributed by atoms with E-state index in [4.69, 9.17) is 4.99 Å². The van der Waals surface area contributed by atoms with E-state index in [2.05, 4.69) is 66.8 Å². The molecule has 0 aromatic heterocycles. The number of thioether (sulfide) groups is 1. The highest BCUT2D eigenvalue weighted by atomic mass is 127. The number of nitrogens with one attached hydrogen (secondary N) is 2. The number of hydrogen-bond donors (Lipinski definition) is 2. The lowest BCUT2D eigenvalue weighted by molar-refractivity contribution is 0.258. The first-order valence-electron chi connectivity index (χ1n) is 8.90. The summed E-state index contributed by atoms with van der Waals surface area (Å²) in [5, 5.41) is 6.82. The maximum atomic E-state index is 4.73. The molecular weight excluding hydrogens is 443 g/mol. The van der Waals surface area contributed by atoms with E-state index in [1.807, 2.05) is 11.8 Å². The molecule has 0 fully saturated rings. The van der Waals surface area contributed by atoms with E-state index in [0.29, 0.717) is 0 Å². The maximum Gasteiger partial charge on any atom is 0.191 e.